The molecular formula is C14H25N2O4+. The average Bonchev–Trinajstić information content (AvgIpc) is 2.32. The van der Waals surface area contributed by atoms with E-state index in [1.54, 1.807) is 0 Å². The van der Waals surface area contributed by atoms with Crippen LogP contribution in [-0.4, -0.2) is 61.0 Å². The molecule has 6 heteroatoms. The van der Waals surface area contributed by atoms with Gasteiger partial charge in [0.05, 0.1) is 20.6 Å². The number of likely N-dealkylation sites (N-methyl/N-ethyl adjacent to an activating group) is 1. The molecular weight excluding hydrogens is 260 g/mol. The summed E-state index contributed by atoms with van der Waals surface area (Å²) in [6.45, 7) is 4.52. The standard InChI is InChI=1S/C14H24N2O4/c1-4-13(18)15-9-5-7-12(17)8-6-10-16(2,3)11-14(19)20/h4H,1,5-11H2,2-3H3,(H-,15,18,19,20)/p+1. The molecule has 6 nitrogen and oxygen atoms in total. The molecule has 0 saturated carbocycles. The summed E-state index contributed by atoms with van der Waals surface area (Å²) in [7, 11) is 3.67. The Kier molecular flexibility index (Phi) is 8.47. The third-order valence-electron chi connectivity index (χ3n) is 2.90. The summed E-state index contributed by atoms with van der Waals surface area (Å²) in [5.41, 5.74) is 0. The van der Waals surface area contributed by atoms with Crippen LogP contribution in [0.4, 0.5) is 0 Å². The third kappa shape index (κ3) is 10.3. The van der Waals surface area contributed by atoms with E-state index in [0.29, 0.717) is 43.3 Å². The normalized spacial score (nSPS) is 10.9. The minimum absolute atomic E-state index is 0.0573. The van der Waals surface area contributed by atoms with Crippen LogP contribution in [0.1, 0.15) is 25.7 Å². The average molecular weight is 285 g/mol. The van der Waals surface area contributed by atoms with Crippen LogP contribution in [0.2, 0.25) is 0 Å². The van der Waals surface area contributed by atoms with E-state index in [-0.39, 0.29) is 18.2 Å². The quantitative estimate of drug-likeness (QED) is 0.330. The number of hydrogen-bond donors (Lipinski definition) is 2. The summed E-state index contributed by atoms with van der Waals surface area (Å²) >= 11 is 0. The SMILES string of the molecule is C=CC(=O)NCCCC(=O)CCC[N+](C)(C)CC(=O)O. The van der Waals surface area contributed by atoms with Gasteiger partial charge in [-0.2, -0.15) is 0 Å². The number of rotatable bonds is 11. The van der Waals surface area contributed by atoms with E-state index in [4.69, 9.17) is 5.11 Å². The van der Waals surface area contributed by atoms with E-state index in [1.807, 2.05) is 14.1 Å². The molecule has 0 aliphatic carbocycles. The number of carboxylic acids is 1. The van der Waals surface area contributed by atoms with E-state index in [9.17, 15) is 14.4 Å². The Morgan fingerprint density at radius 2 is 1.80 bits per heavy atom. The van der Waals surface area contributed by atoms with Gasteiger partial charge in [-0.1, -0.05) is 6.58 Å². The first kappa shape index (κ1) is 18.3. The van der Waals surface area contributed by atoms with Crippen LogP contribution in [0.15, 0.2) is 12.7 Å². The van der Waals surface area contributed by atoms with Gasteiger partial charge in [-0.25, -0.2) is 4.79 Å². The Hall–Kier alpha value is -1.69. The first-order valence-electron chi connectivity index (χ1n) is 6.72. The fourth-order valence-corrected chi connectivity index (χ4v) is 1.84. The number of ketones is 1. The van der Waals surface area contributed by atoms with Crippen LogP contribution in [0.3, 0.4) is 0 Å². The fourth-order valence-electron chi connectivity index (χ4n) is 1.84. The summed E-state index contributed by atoms with van der Waals surface area (Å²) in [6.07, 6.45) is 3.38. The van der Waals surface area contributed by atoms with Crippen LogP contribution in [0.5, 0.6) is 0 Å². The second-order valence-corrected chi connectivity index (χ2v) is 5.45. The molecule has 2 N–H and O–H groups in total. The molecule has 0 bridgehead atoms. The number of Topliss-reactive ketones (excluding diaryl/α,β-unsaturated/α-hetero) is 1. The van der Waals surface area contributed by atoms with Gasteiger partial charge in [0.1, 0.15) is 5.78 Å². The predicted octanol–water partition coefficient (Wildman–Crippen LogP) is 0.579. The van der Waals surface area contributed by atoms with Gasteiger partial charge in [-0.05, 0) is 12.5 Å². The minimum atomic E-state index is -0.834. The molecule has 0 aromatic carbocycles. The molecule has 0 heterocycles. The van der Waals surface area contributed by atoms with E-state index >= 15 is 0 Å². The van der Waals surface area contributed by atoms with Gasteiger partial charge < -0.3 is 14.9 Å². The molecule has 0 aliphatic rings. The van der Waals surface area contributed by atoms with Gasteiger partial charge in [0.25, 0.3) is 0 Å². The van der Waals surface area contributed by atoms with Gasteiger partial charge in [-0.3, -0.25) is 9.59 Å². The smallest absolute Gasteiger partial charge is 0.359 e. The lowest BCUT2D eigenvalue weighted by Crippen LogP contribution is -2.44. The maximum atomic E-state index is 11.6. The summed E-state index contributed by atoms with van der Waals surface area (Å²) in [4.78, 5) is 33.1. The molecule has 20 heavy (non-hydrogen) atoms. The molecule has 0 saturated heterocycles. The van der Waals surface area contributed by atoms with E-state index in [2.05, 4.69) is 11.9 Å². The Morgan fingerprint density at radius 3 is 2.35 bits per heavy atom. The Labute approximate surface area is 120 Å². The number of nitrogens with one attached hydrogen (secondary N) is 1. The third-order valence-corrected chi connectivity index (χ3v) is 2.90. The summed E-state index contributed by atoms with van der Waals surface area (Å²) in [5, 5.41) is 11.4. The largest absolute Gasteiger partial charge is 0.477 e. The highest BCUT2D eigenvalue weighted by atomic mass is 16.4. The van der Waals surface area contributed by atoms with Gasteiger partial charge >= 0.3 is 5.97 Å². The molecule has 0 atom stereocenters. The number of carbonyl (C=O) groups excluding carboxylic acids is 2. The lowest BCUT2D eigenvalue weighted by Gasteiger charge is -2.27. The van der Waals surface area contributed by atoms with Crippen LogP contribution >= 0.6 is 0 Å². The number of hydrogen-bond acceptors (Lipinski definition) is 3. The lowest BCUT2D eigenvalue weighted by molar-refractivity contribution is -0.883. The van der Waals surface area contributed by atoms with Crippen molar-refractivity contribution in [3.05, 3.63) is 12.7 Å². The van der Waals surface area contributed by atoms with Crippen molar-refractivity contribution < 1.29 is 24.0 Å². The predicted molar refractivity (Wildman–Crippen MR) is 76.2 cm³/mol. The lowest BCUT2D eigenvalue weighted by atomic mass is 10.1. The highest BCUT2D eigenvalue weighted by Gasteiger charge is 2.19. The highest BCUT2D eigenvalue weighted by molar-refractivity contribution is 5.86. The van der Waals surface area contributed by atoms with Crippen molar-refractivity contribution in [2.75, 3.05) is 33.7 Å². The fraction of sp³-hybridized carbons (Fsp3) is 0.643. The van der Waals surface area contributed by atoms with Crippen LogP contribution in [-0.2, 0) is 14.4 Å². The van der Waals surface area contributed by atoms with Gasteiger partial charge in [0.2, 0.25) is 5.91 Å². The monoisotopic (exact) mass is 285 g/mol. The minimum Gasteiger partial charge on any atom is -0.477 e. The molecule has 0 spiro atoms. The molecule has 0 rings (SSSR count). The first-order valence-corrected chi connectivity index (χ1v) is 6.72. The molecule has 0 unspecified atom stereocenters. The summed E-state index contributed by atoms with van der Waals surface area (Å²) < 4.78 is 0.373. The van der Waals surface area contributed by atoms with Crippen molar-refractivity contribution in [2.45, 2.75) is 25.7 Å². The number of carbonyl (C=O) groups is 3. The topological polar surface area (TPSA) is 83.5 Å². The van der Waals surface area contributed by atoms with Crippen molar-refractivity contribution in [3.63, 3.8) is 0 Å². The van der Waals surface area contributed by atoms with Crippen LogP contribution in [0, 0.1) is 0 Å². The number of quaternary nitrogens is 1. The molecule has 0 aromatic rings. The summed E-state index contributed by atoms with van der Waals surface area (Å²) in [6, 6.07) is 0. The van der Waals surface area contributed by atoms with Crippen molar-refractivity contribution in [3.8, 4) is 0 Å². The van der Waals surface area contributed by atoms with E-state index in [0.717, 1.165) is 0 Å². The zero-order valence-electron chi connectivity index (χ0n) is 12.4. The zero-order valence-corrected chi connectivity index (χ0v) is 12.4. The molecule has 0 aromatic heterocycles. The Bertz CT molecular complexity index is 364. The molecule has 0 aliphatic heterocycles. The van der Waals surface area contributed by atoms with E-state index < -0.39 is 5.97 Å². The number of nitrogens with zero attached hydrogens (tertiary/aromatic N) is 1. The summed E-state index contributed by atoms with van der Waals surface area (Å²) in [5.74, 6) is -0.919. The van der Waals surface area contributed by atoms with Crippen LogP contribution < -0.4 is 5.32 Å². The van der Waals surface area contributed by atoms with Gasteiger partial charge in [-0.15, -0.1) is 0 Å². The number of amides is 1. The van der Waals surface area contributed by atoms with Crippen molar-refractivity contribution in [1.29, 1.82) is 0 Å². The molecule has 0 radical (unpaired) electrons. The van der Waals surface area contributed by atoms with Crippen molar-refractivity contribution >= 4 is 17.7 Å². The highest BCUT2D eigenvalue weighted by Crippen LogP contribution is 2.04. The second-order valence-electron chi connectivity index (χ2n) is 5.45. The van der Waals surface area contributed by atoms with Gasteiger partial charge in [0, 0.05) is 25.8 Å². The molecule has 0 fully saturated rings. The van der Waals surface area contributed by atoms with Crippen LogP contribution in [0.25, 0.3) is 0 Å². The second kappa shape index (κ2) is 9.25. The Balaban J connectivity index is 3.70. The number of aliphatic carboxylic acids is 1. The first-order chi connectivity index (χ1) is 9.26. The Morgan fingerprint density at radius 1 is 1.20 bits per heavy atom. The van der Waals surface area contributed by atoms with E-state index in [1.165, 1.54) is 6.08 Å². The maximum Gasteiger partial charge on any atom is 0.359 e. The maximum absolute atomic E-state index is 11.6. The molecule has 1 amide bonds. The van der Waals surface area contributed by atoms with Crippen molar-refractivity contribution in [1.82, 2.24) is 5.32 Å². The number of carboxylic acid groups (broad SMARTS) is 1. The zero-order chi connectivity index (χ0) is 15.6. The van der Waals surface area contributed by atoms with Gasteiger partial charge in [0.15, 0.2) is 6.54 Å². The molecule has 114 valence electrons. The van der Waals surface area contributed by atoms with Crippen molar-refractivity contribution in [2.24, 2.45) is 0 Å².